The summed E-state index contributed by atoms with van der Waals surface area (Å²) in [4.78, 5) is 1.76. The molecule has 0 aliphatic carbocycles. The molecule has 1 aromatic heterocycles. The lowest BCUT2D eigenvalue weighted by atomic mass is 9.91. The Morgan fingerprint density at radius 2 is 2.04 bits per heavy atom. The molecule has 2 aliphatic rings. The van der Waals surface area contributed by atoms with Crippen LogP contribution in [0.3, 0.4) is 0 Å². The van der Waals surface area contributed by atoms with E-state index in [2.05, 4.69) is 5.10 Å². The highest BCUT2D eigenvalue weighted by molar-refractivity contribution is 7.89. The largest absolute Gasteiger partial charge is 0.370 e. The second kappa shape index (κ2) is 6.83. The third-order valence-corrected chi connectivity index (χ3v) is 6.05. The quantitative estimate of drug-likeness (QED) is 0.806. The molecule has 1 unspecified atom stereocenters. The molecule has 152 valence electrons. The molecule has 1 saturated heterocycles. The standard InChI is InChI=1S/C17H19F3N4O3S/c1-28(25,26)24-6-9-5-23(7-13(9)22-24)14-8-27-17(16(21)15(14)20)11-4-10(18)2-3-12(11)19/h2-4,6,14-17H,5,7-8,21H2,1H3/t14-,15?,16-,17+/m0/s1. The minimum Gasteiger partial charge on any atom is -0.370 e. The van der Waals surface area contributed by atoms with Crippen molar-refractivity contribution >= 4 is 10.0 Å². The number of benzene rings is 1. The SMILES string of the molecule is CS(=O)(=O)n1cc2c(n1)CN([C@H]1CO[C@H](c3cc(F)ccc3F)[C@@H](N)C1F)C2. The van der Waals surface area contributed by atoms with Crippen LogP contribution >= 0.6 is 0 Å². The summed E-state index contributed by atoms with van der Waals surface area (Å²) in [5, 5.41) is 4.04. The highest BCUT2D eigenvalue weighted by Gasteiger charge is 2.44. The van der Waals surface area contributed by atoms with Crippen LogP contribution in [-0.4, -0.2) is 53.6 Å². The fraction of sp³-hybridized carbons (Fsp3) is 0.471. The third-order valence-electron chi connectivity index (χ3n) is 5.19. The molecule has 2 N–H and O–H groups in total. The Kier molecular flexibility index (Phi) is 4.73. The second-order valence-electron chi connectivity index (χ2n) is 7.15. The van der Waals surface area contributed by atoms with Gasteiger partial charge in [-0.15, -0.1) is 0 Å². The molecule has 0 radical (unpaired) electrons. The Bertz CT molecular complexity index is 990. The van der Waals surface area contributed by atoms with Crippen molar-refractivity contribution in [2.75, 3.05) is 12.9 Å². The Labute approximate surface area is 159 Å². The maximum Gasteiger partial charge on any atom is 0.250 e. The molecule has 11 heteroatoms. The number of ether oxygens (including phenoxy) is 1. The van der Waals surface area contributed by atoms with Crippen molar-refractivity contribution in [3.05, 3.63) is 52.9 Å². The van der Waals surface area contributed by atoms with Crippen molar-refractivity contribution in [1.82, 2.24) is 14.1 Å². The van der Waals surface area contributed by atoms with Gasteiger partial charge in [-0.3, -0.25) is 4.90 Å². The zero-order valence-corrected chi connectivity index (χ0v) is 15.7. The number of rotatable bonds is 3. The summed E-state index contributed by atoms with van der Waals surface area (Å²) >= 11 is 0. The van der Waals surface area contributed by atoms with Gasteiger partial charge < -0.3 is 10.5 Å². The van der Waals surface area contributed by atoms with Crippen molar-refractivity contribution < 1.29 is 26.3 Å². The van der Waals surface area contributed by atoms with Gasteiger partial charge >= 0.3 is 0 Å². The molecular weight excluding hydrogens is 397 g/mol. The van der Waals surface area contributed by atoms with Crippen molar-refractivity contribution in [2.24, 2.45) is 5.73 Å². The normalized spacial score (nSPS) is 28.5. The summed E-state index contributed by atoms with van der Waals surface area (Å²) in [5.41, 5.74) is 7.10. The number of hydrogen-bond acceptors (Lipinski definition) is 6. The smallest absolute Gasteiger partial charge is 0.250 e. The number of nitrogens with zero attached hydrogens (tertiary/aromatic N) is 3. The molecule has 1 fully saturated rings. The molecule has 7 nitrogen and oxygen atoms in total. The van der Waals surface area contributed by atoms with Crippen LogP contribution in [0.1, 0.15) is 22.9 Å². The summed E-state index contributed by atoms with van der Waals surface area (Å²) in [6, 6.07) is 1.01. The van der Waals surface area contributed by atoms with Gasteiger partial charge in [0.25, 0.3) is 10.0 Å². The van der Waals surface area contributed by atoms with Crippen LogP contribution in [0.4, 0.5) is 13.2 Å². The minimum atomic E-state index is -3.49. The molecule has 0 spiro atoms. The van der Waals surface area contributed by atoms with Crippen LogP contribution in [0, 0.1) is 11.6 Å². The van der Waals surface area contributed by atoms with E-state index in [4.69, 9.17) is 10.5 Å². The summed E-state index contributed by atoms with van der Waals surface area (Å²) in [5.74, 6) is -1.36. The van der Waals surface area contributed by atoms with Crippen molar-refractivity contribution in [2.45, 2.75) is 37.4 Å². The Hall–Kier alpha value is -1.95. The molecule has 1 aromatic carbocycles. The second-order valence-corrected chi connectivity index (χ2v) is 8.99. The monoisotopic (exact) mass is 416 g/mol. The number of halogens is 3. The third kappa shape index (κ3) is 3.32. The zero-order chi connectivity index (χ0) is 20.2. The van der Waals surface area contributed by atoms with Crippen LogP contribution < -0.4 is 5.73 Å². The molecule has 2 aromatic rings. The van der Waals surface area contributed by atoms with E-state index in [1.165, 1.54) is 6.20 Å². The van der Waals surface area contributed by atoms with E-state index in [-0.39, 0.29) is 18.7 Å². The van der Waals surface area contributed by atoms with Crippen molar-refractivity contribution in [3.8, 4) is 0 Å². The van der Waals surface area contributed by atoms with E-state index in [0.717, 1.165) is 28.5 Å². The van der Waals surface area contributed by atoms with Gasteiger partial charge in [-0.2, -0.15) is 9.19 Å². The summed E-state index contributed by atoms with van der Waals surface area (Å²) in [6.07, 6.45) is -0.190. The Balaban J connectivity index is 1.50. The average molecular weight is 416 g/mol. The van der Waals surface area contributed by atoms with Gasteiger partial charge in [0.05, 0.1) is 30.6 Å². The van der Waals surface area contributed by atoms with Gasteiger partial charge in [0.2, 0.25) is 0 Å². The summed E-state index contributed by atoms with van der Waals surface area (Å²) < 4.78 is 72.2. The first-order chi connectivity index (χ1) is 13.1. The molecule has 4 atom stereocenters. The lowest BCUT2D eigenvalue weighted by Gasteiger charge is -2.41. The fourth-order valence-corrected chi connectivity index (χ4v) is 4.29. The topological polar surface area (TPSA) is 90.5 Å². The number of alkyl halides is 1. The van der Waals surface area contributed by atoms with Gasteiger partial charge in [0, 0.05) is 30.4 Å². The highest BCUT2D eigenvalue weighted by Crippen LogP contribution is 2.35. The summed E-state index contributed by atoms with van der Waals surface area (Å²) in [6.45, 7) is 0.481. The maximum atomic E-state index is 15.1. The Morgan fingerprint density at radius 1 is 1.29 bits per heavy atom. The van der Waals surface area contributed by atoms with Crippen LogP contribution in [0.15, 0.2) is 24.4 Å². The van der Waals surface area contributed by atoms with Crippen LogP contribution in [0.25, 0.3) is 0 Å². The van der Waals surface area contributed by atoms with Crippen LogP contribution in [0.5, 0.6) is 0 Å². The first-order valence-corrected chi connectivity index (χ1v) is 10.5. The molecule has 4 rings (SSSR count). The zero-order valence-electron chi connectivity index (χ0n) is 14.9. The first-order valence-electron chi connectivity index (χ1n) is 8.63. The van der Waals surface area contributed by atoms with Crippen LogP contribution in [0.2, 0.25) is 0 Å². The summed E-state index contributed by atoms with van der Waals surface area (Å²) in [7, 11) is -3.49. The van der Waals surface area contributed by atoms with E-state index in [9.17, 15) is 17.2 Å². The average Bonchev–Trinajstić information content (AvgIpc) is 3.18. The van der Waals surface area contributed by atoms with Crippen molar-refractivity contribution in [1.29, 1.82) is 0 Å². The van der Waals surface area contributed by atoms with Gasteiger partial charge in [-0.25, -0.2) is 21.6 Å². The van der Waals surface area contributed by atoms with Gasteiger partial charge in [0.1, 0.15) is 23.9 Å². The molecule has 3 heterocycles. The lowest BCUT2D eigenvalue weighted by molar-refractivity contribution is -0.0932. The molecule has 28 heavy (non-hydrogen) atoms. The highest BCUT2D eigenvalue weighted by atomic mass is 32.2. The van der Waals surface area contributed by atoms with E-state index in [0.29, 0.717) is 17.8 Å². The van der Waals surface area contributed by atoms with E-state index >= 15 is 4.39 Å². The number of aromatic nitrogens is 2. The number of hydrogen-bond donors (Lipinski definition) is 1. The Morgan fingerprint density at radius 3 is 2.71 bits per heavy atom. The molecule has 0 bridgehead atoms. The molecular formula is C17H19F3N4O3S. The first kappa shape index (κ1) is 19.4. The predicted molar refractivity (Wildman–Crippen MR) is 93.4 cm³/mol. The van der Waals surface area contributed by atoms with E-state index in [1.807, 2.05) is 0 Å². The lowest BCUT2D eigenvalue weighted by Crippen LogP contribution is -2.56. The minimum absolute atomic E-state index is 0.0637. The fourth-order valence-electron chi connectivity index (χ4n) is 3.72. The van der Waals surface area contributed by atoms with Crippen LogP contribution in [-0.2, 0) is 27.8 Å². The van der Waals surface area contributed by atoms with E-state index < -0.39 is 46.0 Å². The number of nitrogens with two attached hydrogens (primary N) is 1. The molecule has 0 saturated carbocycles. The van der Waals surface area contributed by atoms with Gasteiger partial charge in [-0.1, -0.05) is 0 Å². The van der Waals surface area contributed by atoms with Gasteiger partial charge in [-0.05, 0) is 18.2 Å². The molecule has 0 amide bonds. The van der Waals surface area contributed by atoms with Crippen molar-refractivity contribution in [3.63, 3.8) is 0 Å². The molecule has 2 aliphatic heterocycles. The van der Waals surface area contributed by atoms with Gasteiger partial charge in [0.15, 0.2) is 0 Å². The van der Waals surface area contributed by atoms with E-state index in [1.54, 1.807) is 4.90 Å². The number of fused-ring (bicyclic) bond motifs is 1. The predicted octanol–water partition coefficient (Wildman–Crippen LogP) is 1.09. The maximum absolute atomic E-state index is 15.1.